The average Bonchev–Trinajstić information content (AvgIpc) is 3.38. The maximum absolute atomic E-state index is 14.3. The summed E-state index contributed by atoms with van der Waals surface area (Å²) in [5.41, 5.74) is 1.61. The fourth-order valence-corrected chi connectivity index (χ4v) is 8.18. The van der Waals surface area contributed by atoms with Gasteiger partial charge in [-0.2, -0.15) is 18.2 Å². The normalized spacial score (nSPS) is 18.2. The van der Waals surface area contributed by atoms with E-state index in [4.69, 9.17) is 14.2 Å². The highest BCUT2D eigenvalue weighted by molar-refractivity contribution is 7.53. The number of carbonyl (C=O) groups is 1. The molecule has 1 amide bonds. The second kappa shape index (κ2) is 15.4. The molecule has 1 saturated carbocycles. The highest BCUT2D eigenvalue weighted by Gasteiger charge is 2.48. The topological polar surface area (TPSA) is 176 Å². The number of alkyl halides is 3. The minimum absolute atomic E-state index is 0.00122. The minimum Gasteiger partial charge on any atom is -0.495 e. The van der Waals surface area contributed by atoms with Crippen molar-refractivity contribution < 1.29 is 51.6 Å². The molecule has 13 nitrogen and oxygen atoms in total. The van der Waals surface area contributed by atoms with E-state index in [0.717, 1.165) is 24.0 Å². The largest absolute Gasteiger partial charge is 0.495 e. The molecular weight excluding hydrogens is 694 g/mol. The Hall–Kier alpha value is -3.79. The molecule has 51 heavy (non-hydrogen) atoms. The molecule has 17 heteroatoms. The van der Waals surface area contributed by atoms with E-state index in [9.17, 15) is 37.4 Å². The Labute approximate surface area is 293 Å². The maximum atomic E-state index is 14.3. The first-order valence-electron chi connectivity index (χ1n) is 16.4. The van der Waals surface area contributed by atoms with Crippen LogP contribution in [0.4, 0.5) is 36.3 Å². The lowest BCUT2D eigenvalue weighted by atomic mass is 9.80. The van der Waals surface area contributed by atoms with Gasteiger partial charge in [0, 0.05) is 47.2 Å². The Balaban J connectivity index is 1.51. The zero-order valence-corrected chi connectivity index (χ0v) is 29.7. The van der Waals surface area contributed by atoms with Gasteiger partial charge in [0.15, 0.2) is 0 Å². The average molecular weight is 738 g/mol. The summed E-state index contributed by atoms with van der Waals surface area (Å²) >= 11 is 0. The van der Waals surface area contributed by atoms with Gasteiger partial charge in [0.1, 0.15) is 22.3 Å². The van der Waals surface area contributed by atoms with Crippen LogP contribution >= 0.6 is 7.60 Å². The van der Waals surface area contributed by atoms with Crippen molar-refractivity contribution in [2.24, 2.45) is 0 Å². The van der Waals surface area contributed by atoms with E-state index in [2.05, 4.69) is 20.6 Å². The van der Waals surface area contributed by atoms with Crippen LogP contribution in [0.2, 0.25) is 0 Å². The summed E-state index contributed by atoms with van der Waals surface area (Å²) in [6.45, 7) is 0.400. The molecule has 0 spiro atoms. The summed E-state index contributed by atoms with van der Waals surface area (Å²) in [4.78, 5) is 44.0. The van der Waals surface area contributed by atoms with E-state index >= 15 is 0 Å². The molecule has 2 aliphatic rings. The standard InChI is InChI=1S/C34H43F3N5O8P/c1-42-19-24-23(20-5-8-22(43)9-6-20)10-12-27(29(24)31(42)44)40-32-38-18-25(34(35,36)37)30(41-32)39-26-11-7-21(17-28(26)50-4)33(13-15-48-2,14-16-49-3)51(45,46)47/h7,10-12,17-18,20,22,43H,5-6,8-9,13-16,19H2,1-4H3,(H2,45,46,47)(H2,38,39,40,41). The Morgan fingerprint density at radius 2 is 1.63 bits per heavy atom. The van der Waals surface area contributed by atoms with Crippen LogP contribution in [0.15, 0.2) is 36.5 Å². The number of ether oxygens (including phenoxy) is 3. The molecule has 5 N–H and O–H groups in total. The summed E-state index contributed by atoms with van der Waals surface area (Å²) in [5, 5.41) is 13.9. The summed E-state index contributed by atoms with van der Waals surface area (Å²) in [6, 6.07) is 7.73. The number of aliphatic hydroxyl groups excluding tert-OH is 1. The zero-order valence-electron chi connectivity index (χ0n) is 28.8. The Morgan fingerprint density at radius 1 is 0.980 bits per heavy atom. The van der Waals surface area contributed by atoms with Crippen LogP contribution in [0.5, 0.6) is 5.75 Å². The van der Waals surface area contributed by atoms with Crippen LogP contribution in [0.25, 0.3) is 0 Å². The van der Waals surface area contributed by atoms with Gasteiger partial charge in [-0.1, -0.05) is 12.1 Å². The fourth-order valence-electron chi connectivity index (χ4n) is 6.94. The van der Waals surface area contributed by atoms with Crippen LogP contribution in [-0.2, 0) is 31.9 Å². The number of aromatic nitrogens is 2. The van der Waals surface area contributed by atoms with Gasteiger partial charge in [-0.15, -0.1) is 0 Å². The number of nitrogens with one attached hydrogen (secondary N) is 2. The van der Waals surface area contributed by atoms with E-state index < -0.39 is 30.3 Å². The quantitative estimate of drug-likeness (QED) is 0.122. The summed E-state index contributed by atoms with van der Waals surface area (Å²) in [6.07, 6.45) is -1.83. The highest BCUT2D eigenvalue weighted by Crippen LogP contribution is 2.61. The van der Waals surface area contributed by atoms with E-state index in [1.807, 2.05) is 6.07 Å². The summed E-state index contributed by atoms with van der Waals surface area (Å²) in [5.74, 6) is -0.912. The molecule has 0 saturated heterocycles. The van der Waals surface area contributed by atoms with Gasteiger partial charge in [-0.25, -0.2) is 4.98 Å². The smallest absolute Gasteiger partial charge is 0.421 e. The van der Waals surface area contributed by atoms with Crippen LogP contribution in [0.3, 0.4) is 0 Å². The molecular formula is C34H43F3N5O8P. The lowest BCUT2D eigenvalue weighted by Gasteiger charge is -2.35. The lowest BCUT2D eigenvalue weighted by molar-refractivity contribution is -0.137. The second-order valence-electron chi connectivity index (χ2n) is 12.9. The third-order valence-corrected chi connectivity index (χ3v) is 11.6. The van der Waals surface area contributed by atoms with Gasteiger partial charge >= 0.3 is 13.8 Å². The number of benzene rings is 2. The van der Waals surface area contributed by atoms with Crippen LogP contribution in [0.1, 0.15) is 77.1 Å². The zero-order chi connectivity index (χ0) is 37.1. The van der Waals surface area contributed by atoms with Gasteiger partial charge in [-0.3, -0.25) is 9.36 Å². The van der Waals surface area contributed by atoms with Gasteiger partial charge in [-0.05, 0) is 79.3 Å². The SMILES string of the molecule is COCCC(CCOC)(c1ccc(Nc2nc(Nc3ccc(C4CCC(O)CC4)c4c3C(=O)N(C)C4)ncc2C(F)(F)F)c(OC)c1)P(=O)(O)O. The number of amides is 1. The molecule has 3 aromatic rings. The first-order chi connectivity index (χ1) is 24.1. The predicted octanol–water partition coefficient (Wildman–Crippen LogP) is 6.04. The van der Waals surface area contributed by atoms with E-state index in [0.29, 0.717) is 36.8 Å². The molecule has 0 atom stereocenters. The number of methoxy groups -OCH3 is 3. The van der Waals surface area contributed by atoms with Gasteiger partial charge in [0.25, 0.3) is 5.91 Å². The number of hydrogen-bond acceptors (Lipinski definition) is 10. The number of hydrogen-bond donors (Lipinski definition) is 5. The third-order valence-electron chi connectivity index (χ3n) is 9.77. The molecule has 1 fully saturated rings. The first kappa shape index (κ1) is 38.4. The van der Waals surface area contributed by atoms with E-state index in [1.54, 1.807) is 18.0 Å². The molecule has 2 heterocycles. The molecule has 1 aliphatic carbocycles. The third kappa shape index (κ3) is 8.01. The monoisotopic (exact) mass is 737 g/mol. The number of fused-ring (bicyclic) bond motifs is 1. The molecule has 2 aromatic carbocycles. The van der Waals surface area contributed by atoms with Crippen molar-refractivity contribution in [1.82, 2.24) is 14.9 Å². The van der Waals surface area contributed by atoms with E-state index in [1.165, 1.54) is 39.5 Å². The molecule has 1 aromatic heterocycles. The number of anilines is 4. The van der Waals surface area contributed by atoms with Gasteiger partial charge in [0.2, 0.25) is 5.95 Å². The molecule has 5 rings (SSSR count). The molecule has 1 aliphatic heterocycles. The van der Waals surface area contributed by atoms with Crippen molar-refractivity contribution in [2.45, 2.75) is 68.4 Å². The number of rotatable bonds is 14. The van der Waals surface area contributed by atoms with Crippen molar-refractivity contribution >= 4 is 36.6 Å². The van der Waals surface area contributed by atoms with Crippen molar-refractivity contribution in [3.63, 3.8) is 0 Å². The molecule has 0 radical (unpaired) electrons. The van der Waals surface area contributed by atoms with Crippen LogP contribution in [0, 0.1) is 0 Å². The van der Waals surface area contributed by atoms with Crippen molar-refractivity contribution in [3.05, 3.63) is 64.3 Å². The summed E-state index contributed by atoms with van der Waals surface area (Å²) < 4.78 is 71.5. The number of carbonyl (C=O) groups excluding carboxylic acids is 1. The minimum atomic E-state index is -4.86. The van der Waals surface area contributed by atoms with Crippen LogP contribution < -0.4 is 15.4 Å². The second-order valence-corrected chi connectivity index (χ2v) is 14.8. The van der Waals surface area contributed by atoms with Crippen molar-refractivity contribution in [1.29, 1.82) is 0 Å². The van der Waals surface area contributed by atoms with Crippen LogP contribution in [-0.4, -0.2) is 83.4 Å². The predicted molar refractivity (Wildman–Crippen MR) is 183 cm³/mol. The maximum Gasteiger partial charge on any atom is 0.421 e. The van der Waals surface area contributed by atoms with Gasteiger partial charge in [0.05, 0.1) is 30.2 Å². The molecule has 0 unspecified atom stereocenters. The lowest BCUT2D eigenvalue weighted by Crippen LogP contribution is -2.30. The van der Waals surface area contributed by atoms with Gasteiger partial charge < -0.3 is 44.6 Å². The Bertz CT molecular complexity index is 1770. The van der Waals surface area contributed by atoms with Crippen molar-refractivity contribution in [2.75, 3.05) is 52.2 Å². The molecule has 278 valence electrons. The highest BCUT2D eigenvalue weighted by atomic mass is 31.2. The Morgan fingerprint density at radius 3 is 2.22 bits per heavy atom. The summed E-state index contributed by atoms with van der Waals surface area (Å²) in [7, 11) is 0.910. The number of aliphatic hydroxyl groups is 1. The fraction of sp³-hybridized carbons (Fsp3) is 0.500. The Kier molecular flexibility index (Phi) is 11.6. The van der Waals surface area contributed by atoms with Crippen molar-refractivity contribution in [3.8, 4) is 5.75 Å². The van der Waals surface area contributed by atoms with E-state index in [-0.39, 0.29) is 66.9 Å². The molecule has 0 bridgehead atoms. The number of nitrogens with zero attached hydrogens (tertiary/aromatic N) is 3. The number of halogens is 3. The first-order valence-corrected chi connectivity index (χ1v) is 18.0.